The fraction of sp³-hybridized carbons (Fsp3) is 0.333. The van der Waals surface area contributed by atoms with Crippen LogP contribution in [0.3, 0.4) is 0 Å². The van der Waals surface area contributed by atoms with Gasteiger partial charge in [-0.15, -0.1) is 11.3 Å². The van der Waals surface area contributed by atoms with Crippen molar-refractivity contribution in [1.82, 2.24) is 5.32 Å². The number of thiophene rings is 1. The number of fused-ring (bicyclic) bond motifs is 1. The van der Waals surface area contributed by atoms with E-state index in [0.29, 0.717) is 0 Å². The van der Waals surface area contributed by atoms with Gasteiger partial charge < -0.3 is 4.90 Å². The maximum Gasteiger partial charge on any atom is 0.124 e. The highest BCUT2D eigenvalue weighted by Gasteiger charge is 2.15. The molecule has 0 saturated carbocycles. The van der Waals surface area contributed by atoms with Crippen LogP contribution >= 0.6 is 11.3 Å². The van der Waals surface area contributed by atoms with Crippen molar-refractivity contribution in [3.63, 3.8) is 0 Å². The molecule has 1 aromatic carbocycles. The molecule has 1 saturated heterocycles. The normalized spacial score (nSPS) is 16.9. The molecule has 0 spiro atoms. The summed E-state index contributed by atoms with van der Waals surface area (Å²) in [6.45, 7) is 3.75. The van der Waals surface area contributed by atoms with Gasteiger partial charge in [0.25, 0.3) is 0 Å². The first-order valence-corrected chi connectivity index (χ1v) is 6.27. The van der Waals surface area contributed by atoms with Gasteiger partial charge >= 0.3 is 0 Å². The predicted molar refractivity (Wildman–Crippen MR) is 65.9 cm³/mol. The van der Waals surface area contributed by atoms with Crippen molar-refractivity contribution in [3.8, 4) is 0 Å². The van der Waals surface area contributed by atoms with Gasteiger partial charge in [0.2, 0.25) is 0 Å². The molecule has 2 aromatic rings. The van der Waals surface area contributed by atoms with Crippen molar-refractivity contribution in [1.29, 1.82) is 0 Å². The van der Waals surface area contributed by atoms with Gasteiger partial charge in [-0.25, -0.2) is 9.71 Å². The Morgan fingerprint density at radius 2 is 2.06 bits per heavy atom. The summed E-state index contributed by atoms with van der Waals surface area (Å²) >= 11 is 1.61. The number of piperazine rings is 1. The van der Waals surface area contributed by atoms with Crippen LogP contribution in [-0.4, -0.2) is 26.2 Å². The van der Waals surface area contributed by atoms with E-state index in [1.54, 1.807) is 17.4 Å². The van der Waals surface area contributed by atoms with Gasteiger partial charge in [-0.1, -0.05) is 0 Å². The molecule has 2 nitrogen and oxygen atoms in total. The van der Waals surface area contributed by atoms with Crippen molar-refractivity contribution in [2.45, 2.75) is 0 Å². The molecule has 0 amide bonds. The molecule has 1 aliphatic rings. The summed E-state index contributed by atoms with van der Waals surface area (Å²) in [5, 5.41) is 7.61. The maximum atomic E-state index is 13.1. The lowest BCUT2D eigenvalue weighted by Gasteiger charge is -2.28. The second kappa shape index (κ2) is 4.03. The van der Waals surface area contributed by atoms with E-state index in [4.69, 9.17) is 0 Å². The molecule has 0 aliphatic carbocycles. The van der Waals surface area contributed by atoms with Crippen LogP contribution in [0.1, 0.15) is 0 Å². The quantitative estimate of drug-likeness (QED) is 0.742. The van der Waals surface area contributed by atoms with Crippen LogP contribution in [0.5, 0.6) is 0 Å². The van der Waals surface area contributed by atoms with E-state index in [0.717, 1.165) is 36.3 Å². The lowest BCUT2D eigenvalue weighted by Crippen LogP contribution is -2.40. The van der Waals surface area contributed by atoms with Crippen molar-refractivity contribution >= 4 is 27.1 Å². The van der Waals surface area contributed by atoms with Crippen molar-refractivity contribution in [2.75, 3.05) is 31.1 Å². The van der Waals surface area contributed by atoms with Gasteiger partial charge in [-0.2, -0.15) is 0 Å². The Morgan fingerprint density at radius 1 is 1.25 bits per heavy atom. The van der Waals surface area contributed by atoms with Gasteiger partial charge in [0, 0.05) is 41.6 Å². The first-order chi connectivity index (χ1) is 7.84. The summed E-state index contributed by atoms with van der Waals surface area (Å²) in [5.41, 5.74) is 1.23. The van der Waals surface area contributed by atoms with E-state index in [2.05, 4.69) is 15.6 Å². The molecule has 83 valence electrons. The molecule has 1 fully saturated rings. The average molecular weight is 235 g/mol. The highest BCUT2D eigenvalue weighted by Crippen LogP contribution is 2.33. The summed E-state index contributed by atoms with van der Waals surface area (Å²) in [6.07, 6.45) is 0. The fourth-order valence-electron chi connectivity index (χ4n) is 2.08. The number of rotatable bonds is 1. The van der Waals surface area contributed by atoms with Crippen LogP contribution < -0.4 is 10.2 Å². The smallest absolute Gasteiger partial charge is 0.124 e. The Kier molecular flexibility index (Phi) is 2.53. The van der Waals surface area contributed by atoms with Crippen molar-refractivity contribution in [2.24, 2.45) is 0 Å². The molecule has 4 heteroatoms. The molecule has 3 rings (SSSR count). The minimum Gasteiger partial charge on any atom is -0.368 e. The molecule has 0 atom stereocenters. The van der Waals surface area contributed by atoms with E-state index < -0.39 is 0 Å². The molecular weight excluding hydrogens is 223 g/mol. The van der Waals surface area contributed by atoms with E-state index in [9.17, 15) is 4.39 Å². The molecule has 1 aliphatic heterocycles. The lowest BCUT2D eigenvalue weighted by atomic mass is 10.2. The number of benzene rings is 1. The van der Waals surface area contributed by atoms with Gasteiger partial charge in [-0.3, -0.25) is 0 Å². The number of hydrogen-bond acceptors (Lipinski definition) is 2. The zero-order chi connectivity index (χ0) is 11.0. The van der Waals surface area contributed by atoms with Crippen LogP contribution in [0.2, 0.25) is 0 Å². The predicted octanol–water partition coefficient (Wildman–Crippen LogP) is 2.46. The summed E-state index contributed by atoms with van der Waals surface area (Å²) in [7, 11) is 0. The van der Waals surface area contributed by atoms with Gasteiger partial charge in [0.05, 0.1) is 5.69 Å². The Labute approximate surface area is 97.7 Å². The molecule has 1 radical (unpaired) electrons. The maximum absolute atomic E-state index is 13.1. The van der Waals surface area contributed by atoms with Crippen molar-refractivity contribution in [3.05, 3.63) is 29.4 Å². The van der Waals surface area contributed by atoms with E-state index in [1.807, 2.05) is 6.07 Å². The van der Waals surface area contributed by atoms with Gasteiger partial charge in [0.1, 0.15) is 5.82 Å². The third-order valence-corrected chi connectivity index (χ3v) is 3.85. The third kappa shape index (κ3) is 1.68. The standard InChI is InChI=1S/C12H12FN2S/c13-9-1-2-10-11(8-16-12(10)7-9)15-5-3-14-4-6-15/h1-2,7-8H,3-6H2. The summed E-state index contributed by atoms with van der Waals surface area (Å²) in [4.78, 5) is 2.34. The van der Waals surface area contributed by atoms with E-state index >= 15 is 0 Å². The zero-order valence-electron chi connectivity index (χ0n) is 8.82. The molecule has 0 unspecified atom stereocenters. The van der Waals surface area contributed by atoms with Crippen LogP contribution in [0.15, 0.2) is 23.6 Å². The first-order valence-electron chi connectivity index (χ1n) is 5.39. The number of anilines is 1. The summed E-state index contributed by atoms with van der Waals surface area (Å²) in [5.74, 6) is -0.158. The third-order valence-electron chi connectivity index (χ3n) is 2.91. The topological polar surface area (TPSA) is 17.3 Å². The summed E-state index contributed by atoms with van der Waals surface area (Å²) in [6, 6.07) is 5.02. The molecule has 0 bridgehead atoms. The molecule has 1 aromatic heterocycles. The fourth-order valence-corrected chi connectivity index (χ4v) is 3.08. The van der Waals surface area contributed by atoms with Crippen LogP contribution in [0, 0.1) is 5.82 Å². The minimum absolute atomic E-state index is 0.158. The number of halogens is 1. The van der Waals surface area contributed by atoms with Gasteiger partial charge in [0.15, 0.2) is 0 Å². The van der Waals surface area contributed by atoms with Crippen LogP contribution in [-0.2, 0) is 0 Å². The van der Waals surface area contributed by atoms with E-state index in [1.165, 1.54) is 11.8 Å². The molecule has 2 heterocycles. The number of nitrogens with zero attached hydrogens (tertiary/aromatic N) is 2. The zero-order valence-corrected chi connectivity index (χ0v) is 9.63. The second-order valence-electron chi connectivity index (χ2n) is 3.92. The number of hydrogen-bond donors (Lipinski definition) is 0. The van der Waals surface area contributed by atoms with E-state index in [-0.39, 0.29) is 5.82 Å². The highest BCUT2D eigenvalue weighted by molar-refractivity contribution is 7.17. The first kappa shape index (κ1) is 10.1. The largest absolute Gasteiger partial charge is 0.368 e. The molecule has 0 N–H and O–H groups in total. The monoisotopic (exact) mass is 235 g/mol. The minimum atomic E-state index is -0.158. The Balaban J connectivity index is 2.03. The van der Waals surface area contributed by atoms with Crippen LogP contribution in [0.25, 0.3) is 10.1 Å². The molecular formula is C12H12FN2S. The lowest BCUT2D eigenvalue weighted by molar-refractivity contribution is 0.580. The average Bonchev–Trinajstić information content (AvgIpc) is 2.73. The molecule has 16 heavy (non-hydrogen) atoms. The Bertz CT molecular complexity index is 503. The van der Waals surface area contributed by atoms with Crippen LogP contribution in [0.4, 0.5) is 10.1 Å². The van der Waals surface area contributed by atoms with Crippen molar-refractivity contribution < 1.29 is 4.39 Å². The Morgan fingerprint density at radius 3 is 2.88 bits per heavy atom. The Hall–Kier alpha value is -1.13. The highest BCUT2D eigenvalue weighted by atomic mass is 32.1. The SMILES string of the molecule is Fc1ccc2c(N3CC[N]CC3)csc2c1. The summed E-state index contributed by atoms with van der Waals surface area (Å²) < 4.78 is 14.1. The second-order valence-corrected chi connectivity index (χ2v) is 4.83. The van der Waals surface area contributed by atoms with Gasteiger partial charge in [-0.05, 0) is 18.2 Å².